The standard InChI is InChI=1S/C9H10N4O2/c10-6-1-2-11-7(3-6)13-4-8(14)12-9(15)5-13/h1-3H,4-5H2,(H2,10,11)(H,12,14,15). The van der Waals surface area contributed by atoms with Crippen LogP contribution in [0.2, 0.25) is 0 Å². The maximum atomic E-state index is 11.1. The van der Waals surface area contributed by atoms with Crippen LogP contribution >= 0.6 is 0 Å². The molecular weight excluding hydrogens is 196 g/mol. The topological polar surface area (TPSA) is 88.3 Å². The van der Waals surface area contributed by atoms with Crippen molar-refractivity contribution < 1.29 is 9.59 Å². The highest BCUT2D eigenvalue weighted by Crippen LogP contribution is 2.14. The highest BCUT2D eigenvalue weighted by atomic mass is 16.2. The second kappa shape index (κ2) is 3.56. The quantitative estimate of drug-likeness (QED) is 0.583. The fraction of sp³-hybridized carbons (Fsp3) is 0.222. The van der Waals surface area contributed by atoms with Crippen LogP contribution in [-0.2, 0) is 9.59 Å². The fourth-order valence-electron chi connectivity index (χ4n) is 1.41. The molecule has 1 aliphatic heterocycles. The average Bonchev–Trinajstić information content (AvgIpc) is 2.16. The summed E-state index contributed by atoms with van der Waals surface area (Å²) in [5.74, 6) is -0.107. The monoisotopic (exact) mass is 206 g/mol. The van der Waals surface area contributed by atoms with Crippen LogP contribution in [0, 0.1) is 0 Å². The Kier molecular flexibility index (Phi) is 2.24. The predicted molar refractivity (Wildman–Crippen MR) is 54.0 cm³/mol. The summed E-state index contributed by atoms with van der Waals surface area (Å²) in [7, 11) is 0. The van der Waals surface area contributed by atoms with E-state index in [0.717, 1.165) is 0 Å². The van der Waals surface area contributed by atoms with Gasteiger partial charge in [0.05, 0.1) is 13.1 Å². The number of nitrogen functional groups attached to an aromatic ring is 1. The average molecular weight is 206 g/mol. The minimum absolute atomic E-state index is 0.127. The van der Waals surface area contributed by atoms with Crippen LogP contribution in [0.4, 0.5) is 11.5 Å². The Hall–Kier alpha value is -2.11. The van der Waals surface area contributed by atoms with E-state index in [1.165, 1.54) is 0 Å². The van der Waals surface area contributed by atoms with Gasteiger partial charge in [-0.15, -0.1) is 0 Å². The number of hydrogen-bond acceptors (Lipinski definition) is 5. The molecule has 0 radical (unpaired) electrons. The molecule has 1 aliphatic rings. The van der Waals surface area contributed by atoms with Crippen molar-refractivity contribution in [2.45, 2.75) is 0 Å². The van der Waals surface area contributed by atoms with Gasteiger partial charge in [0.25, 0.3) is 0 Å². The fourth-order valence-corrected chi connectivity index (χ4v) is 1.41. The van der Waals surface area contributed by atoms with Gasteiger partial charge in [0, 0.05) is 18.0 Å². The van der Waals surface area contributed by atoms with E-state index in [4.69, 9.17) is 5.73 Å². The molecule has 0 aliphatic carbocycles. The van der Waals surface area contributed by atoms with Crippen molar-refractivity contribution in [3.63, 3.8) is 0 Å². The normalized spacial score (nSPS) is 16.4. The number of carbonyl (C=O) groups is 2. The zero-order valence-electron chi connectivity index (χ0n) is 7.93. The van der Waals surface area contributed by atoms with E-state index in [1.807, 2.05) is 0 Å². The van der Waals surface area contributed by atoms with E-state index in [-0.39, 0.29) is 24.9 Å². The number of anilines is 2. The first-order valence-electron chi connectivity index (χ1n) is 4.44. The molecule has 2 amide bonds. The third-order valence-corrected chi connectivity index (χ3v) is 2.04. The van der Waals surface area contributed by atoms with Gasteiger partial charge in [0.15, 0.2) is 0 Å². The summed E-state index contributed by atoms with van der Waals surface area (Å²) in [6, 6.07) is 3.28. The van der Waals surface area contributed by atoms with E-state index in [2.05, 4.69) is 10.3 Å². The van der Waals surface area contributed by atoms with E-state index in [1.54, 1.807) is 23.2 Å². The summed E-state index contributed by atoms with van der Waals surface area (Å²) in [5.41, 5.74) is 6.14. The third-order valence-electron chi connectivity index (χ3n) is 2.04. The molecule has 0 unspecified atom stereocenters. The van der Waals surface area contributed by atoms with Crippen LogP contribution in [0.1, 0.15) is 0 Å². The van der Waals surface area contributed by atoms with E-state index >= 15 is 0 Å². The van der Waals surface area contributed by atoms with Gasteiger partial charge >= 0.3 is 0 Å². The van der Waals surface area contributed by atoms with Crippen molar-refractivity contribution in [2.75, 3.05) is 23.7 Å². The maximum Gasteiger partial charge on any atom is 0.246 e. The second-order valence-corrected chi connectivity index (χ2v) is 3.27. The lowest BCUT2D eigenvalue weighted by Crippen LogP contribution is -2.51. The van der Waals surface area contributed by atoms with Crippen molar-refractivity contribution in [3.8, 4) is 0 Å². The van der Waals surface area contributed by atoms with Crippen LogP contribution < -0.4 is 16.0 Å². The molecule has 1 saturated heterocycles. The molecule has 0 atom stereocenters. The molecule has 1 aromatic rings. The molecule has 2 heterocycles. The van der Waals surface area contributed by atoms with Gasteiger partial charge in [0.1, 0.15) is 5.82 Å². The Bertz CT molecular complexity index is 402. The Morgan fingerprint density at radius 2 is 2.00 bits per heavy atom. The molecule has 0 spiro atoms. The summed E-state index contributed by atoms with van der Waals surface area (Å²) >= 11 is 0. The van der Waals surface area contributed by atoms with Crippen LogP contribution in [0.15, 0.2) is 18.3 Å². The number of nitrogens with zero attached hydrogens (tertiary/aromatic N) is 2. The molecule has 0 bridgehead atoms. The highest BCUT2D eigenvalue weighted by Gasteiger charge is 2.23. The number of piperazine rings is 1. The van der Waals surface area contributed by atoms with Crippen LogP contribution in [-0.4, -0.2) is 29.9 Å². The van der Waals surface area contributed by atoms with E-state index < -0.39 is 0 Å². The minimum Gasteiger partial charge on any atom is -0.399 e. The molecule has 2 rings (SSSR count). The zero-order chi connectivity index (χ0) is 10.8. The van der Waals surface area contributed by atoms with Crippen LogP contribution in [0.3, 0.4) is 0 Å². The number of carbonyl (C=O) groups excluding carboxylic acids is 2. The minimum atomic E-state index is -0.324. The van der Waals surface area contributed by atoms with Gasteiger partial charge in [0.2, 0.25) is 11.8 Å². The first-order valence-corrected chi connectivity index (χ1v) is 4.44. The second-order valence-electron chi connectivity index (χ2n) is 3.27. The van der Waals surface area contributed by atoms with Gasteiger partial charge in [-0.05, 0) is 6.07 Å². The van der Waals surface area contributed by atoms with E-state index in [0.29, 0.717) is 11.5 Å². The molecule has 78 valence electrons. The molecule has 1 fully saturated rings. The predicted octanol–water partition coefficient (Wildman–Crippen LogP) is -0.873. The van der Waals surface area contributed by atoms with Crippen LogP contribution in [0.5, 0.6) is 0 Å². The molecule has 0 saturated carbocycles. The molecule has 3 N–H and O–H groups in total. The number of hydrogen-bond donors (Lipinski definition) is 2. The van der Waals surface area contributed by atoms with Crippen LogP contribution in [0.25, 0.3) is 0 Å². The van der Waals surface area contributed by atoms with Crippen molar-refractivity contribution in [3.05, 3.63) is 18.3 Å². The number of amides is 2. The number of rotatable bonds is 1. The van der Waals surface area contributed by atoms with Gasteiger partial charge in [-0.2, -0.15) is 0 Å². The number of pyridine rings is 1. The van der Waals surface area contributed by atoms with Gasteiger partial charge < -0.3 is 10.6 Å². The van der Waals surface area contributed by atoms with Gasteiger partial charge in [-0.3, -0.25) is 14.9 Å². The zero-order valence-corrected chi connectivity index (χ0v) is 7.93. The van der Waals surface area contributed by atoms with E-state index in [9.17, 15) is 9.59 Å². The molecule has 1 aromatic heterocycles. The SMILES string of the molecule is Nc1ccnc(N2CC(=O)NC(=O)C2)c1. The number of nitrogens with one attached hydrogen (secondary N) is 1. The number of nitrogens with two attached hydrogens (primary N) is 1. The molecule has 6 nitrogen and oxygen atoms in total. The molecule has 6 heteroatoms. The number of aromatic nitrogens is 1. The summed E-state index contributed by atoms with van der Waals surface area (Å²) in [6.45, 7) is 0.254. The Balaban J connectivity index is 2.23. The van der Waals surface area contributed by atoms with Gasteiger partial charge in [-0.25, -0.2) is 4.98 Å². The summed E-state index contributed by atoms with van der Waals surface area (Å²) in [6.07, 6.45) is 1.54. The Labute approximate surface area is 86.1 Å². The summed E-state index contributed by atoms with van der Waals surface area (Å²) < 4.78 is 0. The molecule has 15 heavy (non-hydrogen) atoms. The summed E-state index contributed by atoms with van der Waals surface area (Å²) in [4.78, 5) is 27.8. The third kappa shape index (κ3) is 2.04. The lowest BCUT2D eigenvalue weighted by molar-refractivity contribution is -0.130. The van der Waals surface area contributed by atoms with Crippen molar-refractivity contribution >= 4 is 23.3 Å². The smallest absolute Gasteiger partial charge is 0.246 e. The lowest BCUT2D eigenvalue weighted by Gasteiger charge is -2.26. The lowest BCUT2D eigenvalue weighted by atomic mass is 10.3. The van der Waals surface area contributed by atoms with Crippen molar-refractivity contribution in [1.82, 2.24) is 10.3 Å². The Morgan fingerprint density at radius 3 is 2.60 bits per heavy atom. The number of imide groups is 1. The Morgan fingerprint density at radius 1 is 1.33 bits per heavy atom. The molecular formula is C9H10N4O2. The van der Waals surface area contributed by atoms with Gasteiger partial charge in [-0.1, -0.05) is 0 Å². The summed E-state index contributed by atoms with van der Waals surface area (Å²) in [5, 5.41) is 2.22. The first kappa shape index (κ1) is 9.45. The highest BCUT2D eigenvalue weighted by molar-refractivity contribution is 6.02. The largest absolute Gasteiger partial charge is 0.399 e. The maximum absolute atomic E-state index is 11.1. The molecule has 0 aromatic carbocycles. The first-order chi connectivity index (χ1) is 7.15. The van der Waals surface area contributed by atoms with Crippen molar-refractivity contribution in [1.29, 1.82) is 0 Å². The van der Waals surface area contributed by atoms with Crippen molar-refractivity contribution in [2.24, 2.45) is 0 Å².